The Morgan fingerprint density at radius 2 is 1.78 bits per heavy atom. The molecule has 3 rings (SSSR count). The van der Waals surface area contributed by atoms with Gasteiger partial charge < -0.3 is 14.5 Å². The lowest BCUT2D eigenvalue weighted by Crippen LogP contribution is -2.42. The van der Waals surface area contributed by atoms with Gasteiger partial charge in [0.2, 0.25) is 5.82 Å². The van der Waals surface area contributed by atoms with E-state index in [0.29, 0.717) is 32.0 Å². The van der Waals surface area contributed by atoms with Crippen LogP contribution in [0.1, 0.15) is 45.9 Å². The zero-order chi connectivity index (χ0) is 19.6. The van der Waals surface area contributed by atoms with Gasteiger partial charge >= 0.3 is 6.09 Å². The number of ether oxygens (including phenoxy) is 1. The normalized spacial score (nSPS) is 16.5. The number of hydrogen-bond donors (Lipinski definition) is 0. The van der Waals surface area contributed by atoms with Crippen LogP contribution in [0.3, 0.4) is 0 Å². The fourth-order valence-corrected chi connectivity index (χ4v) is 2.97. The van der Waals surface area contributed by atoms with E-state index in [4.69, 9.17) is 4.74 Å². The monoisotopic (exact) mass is 382 g/mol. The Morgan fingerprint density at radius 3 is 2.37 bits per heavy atom. The molecule has 8 nitrogen and oxygen atoms in total. The summed E-state index contributed by atoms with van der Waals surface area (Å²) >= 11 is 0. The third-order valence-electron chi connectivity index (χ3n) is 4.16. The van der Waals surface area contributed by atoms with Gasteiger partial charge in [0.15, 0.2) is 5.65 Å². The molecule has 3 heterocycles. The first-order valence-electron chi connectivity index (χ1n) is 8.98. The lowest BCUT2D eigenvalue weighted by Gasteiger charge is -2.32. The van der Waals surface area contributed by atoms with Crippen molar-refractivity contribution in [3.63, 3.8) is 0 Å². The third-order valence-corrected chi connectivity index (χ3v) is 4.16. The molecule has 1 aliphatic rings. The van der Waals surface area contributed by atoms with Crippen LogP contribution in [-0.2, 0) is 4.74 Å². The van der Waals surface area contributed by atoms with Crippen molar-refractivity contribution in [2.24, 2.45) is 0 Å². The second kappa shape index (κ2) is 7.61. The maximum absolute atomic E-state index is 13.0. The molecule has 1 fully saturated rings. The molecule has 1 amide bonds. The van der Waals surface area contributed by atoms with E-state index in [2.05, 4.69) is 15.3 Å². The first-order valence-corrected chi connectivity index (χ1v) is 8.98. The zero-order valence-electron chi connectivity index (χ0n) is 15.7. The Labute approximate surface area is 156 Å². The number of alkyl halides is 2. The molecule has 27 heavy (non-hydrogen) atoms. The Kier molecular flexibility index (Phi) is 5.43. The average Bonchev–Trinajstić information content (AvgIpc) is 2.96. The van der Waals surface area contributed by atoms with Gasteiger partial charge in [-0.3, -0.25) is 0 Å². The van der Waals surface area contributed by atoms with Gasteiger partial charge in [0.1, 0.15) is 11.4 Å². The van der Waals surface area contributed by atoms with E-state index in [1.165, 1.54) is 0 Å². The summed E-state index contributed by atoms with van der Waals surface area (Å²) in [5.41, 5.74) is -0.233. The van der Waals surface area contributed by atoms with Gasteiger partial charge in [0, 0.05) is 26.2 Å². The maximum atomic E-state index is 13.0. The number of carbonyl (C=O) groups excluding carboxylic acids is 1. The maximum Gasteiger partial charge on any atom is 0.410 e. The molecule has 0 aliphatic carbocycles. The topological polar surface area (TPSA) is 75.9 Å². The number of hydrogen-bond acceptors (Lipinski definition) is 6. The molecule has 0 spiro atoms. The van der Waals surface area contributed by atoms with Gasteiger partial charge in [-0.05, 0) is 45.7 Å². The molecule has 0 N–H and O–H groups in total. The number of carbonyl (C=O) groups is 1. The lowest BCUT2D eigenvalue weighted by atomic mass is 10.2. The van der Waals surface area contributed by atoms with Crippen molar-refractivity contribution >= 4 is 17.6 Å². The molecular weight excluding hydrogens is 358 g/mol. The Bertz CT molecular complexity index is 794. The van der Waals surface area contributed by atoms with Gasteiger partial charge in [0.25, 0.3) is 6.43 Å². The molecule has 148 valence electrons. The highest BCUT2D eigenvalue weighted by molar-refractivity contribution is 5.68. The van der Waals surface area contributed by atoms with E-state index in [1.807, 2.05) is 25.7 Å². The SMILES string of the molecule is CC(C)(C)OC(=O)N1CCCN(c2ccc3nnc(C(F)F)n3n2)CCC1. The van der Waals surface area contributed by atoms with Crippen molar-refractivity contribution in [1.29, 1.82) is 0 Å². The van der Waals surface area contributed by atoms with Crippen LogP contribution < -0.4 is 4.90 Å². The second-order valence-corrected chi connectivity index (χ2v) is 7.48. The molecule has 0 atom stereocenters. The number of aromatic nitrogens is 4. The number of nitrogens with zero attached hydrogens (tertiary/aromatic N) is 6. The molecule has 2 aromatic rings. The smallest absolute Gasteiger partial charge is 0.410 e. The van der Waals surface area contributed by atoms with Crippen molar-refractivity contribution < 1.29 is 18.3 Å². The van der Waals surface area contributed by atoms with E-state index in [1.54, 1.807) is 17.0 Å². The average molecular weight is 382 g/mol. The minimum atomic E-state index is -2.74. The zero-order valence-corrected chi connectivity index (χ0v) is 15.7. The van der Waals surface area contributed by atoms with Crippen LogP contribution in [0.5, 0.6) is 0 Å². The summed E-state index contributed by atoms with van der Waals surface area (Å²) in [6, 6.07) is 3.39. The van der Waals surface area contributed by atoms with E-state index < -0.39 is 17.9 Å². The summed E-state index contributed by atoms with van der Waals surface area (Å²) in [5.74, 6) is 0.130. The summed E-state index contributed by atoms with van der Waals surface area (Å²) in [6.45, 7) is 7.99. The van der Waals surface area contributed by atoms with Crippen molar-refractivity contribution in [3.05, 3.63) is 18.0 Å². The Balaban J connectivity index is 1.68. The van der Waals surface area contributed by atoms with Crippen molar-refractivity contribution in [3.8, 4) is 0 Å². The largest absolute Gasteiger partial charge is 0.444 e. The molecule has 0 radical (unpaired) electrons. The number of amides is 1. The number of anilines is 1. The van der Waals surface area contributed by atoms with Gasteiger partial charge in [0.05, 0.1) is 0 Å². The molecule has 1 aliphatic heterocycles. The number of halogens is 2. The van der Waals surface area contributed by atoms with Gasteiger partial charge in [-0.2, -0.15) is 4.52 Å². The van der Waals surface area contributed by atoms with Crippen LogP contribution in [0, 0.1) is 0 Å². The van der Waals surface area contributed by atoms with E-state index in [9.17, 15) is 13.6 Å². The summed E-state index contributed by atoms with van der Waals surface area (Å²) in [5, 5.41) is 11.5. The highest BCUT2D eigenvalue weighted by Crippen LogP contribution is 2.20. The fraction of sp³-hybridized carbons (Fsp3) is 0.647. The van der Waals surface area contributed by atoms with Crippen LogP contribution in [0.25, 0.3) is 5.65 Å². The number of fused-ring (bicyclic) bond motifs is 1. The molecule has 0 aromatic carbocycles. The molecule has 2 aromatic heterocycles. The highest BCUT2D eigenvalue weighted by Gasteiger charge is 2.24. The molecule has 1 saturated heterocycles. The second-order valence-electron chi connectivity index (χ2n) is 7.48. The predicted molar refractivity (Wildman–Crippen MR) is 95.0 cm³/mol. The first-order chi connectivity index (χ1) is 12.7. The predicted octanol–water partition coefficient (Wildman–Crippen LogP) is 2.90. The van der Waals surface area contributed by atoms with Crippen LogP contribution in [0.4, 0.5) is 19.4 Å². The Morgan fingerprint density at radius 1 is 1.11 bits per heavy atom. The van der Waals surface area contributed by atoms with Gasteiger partial charge in [-0.15, -0.1) is 15.3 Å². The molecule has 0 bridgehead atoms. The van der Waals surface area contributed by atoms with Crippen LogP contribution in [0.15, 0.2) is 12.1 Å². The van der Waals surface area contributed by atoms with E-state index in [-0.39, 0.29) is 11.7 Å². The lowest BCUT2D eigenvalue weighted by molar-refractivity contribution is 0.0242. The van der Waals surface area contributed by atoms with Crippen LogP contribution in [0.2, 0.25) is 0 Å². The Hall–Kier alpha value is -2.52. The third kappa shape index (κ3) is 4.61. The van der Waals surface area contributed by atoms with Crippen LogP contribution >= 0.6 is 0 Å². The highest BCUT2D eigenvalue weighted by atomic mass is 19.3. The quantitative estimate of drug-likeness (QED) is 0.795. The van der Waals surface area contributed by atoms with E-state index >= 15 is 0 Å². The molecule has 0 saturated carbocycles. The first kappa shape index (κ1) is 19.2. The molecule has 10 heteroatoms. The molecular formula is C17H24F2N6O2. The van der Waals surface area contributed by atoms with Crippen molar-refractivity contribution in [2.75, 3.05) is 31.1 Å². The van der Waals surface area contributed by atoms with Gasteiger partial charge in [-0.25, -0.2) is 13.6 Å². The van der Waals surface area contributed by atoms with Crippen molar-refractivity contribution in [2.45, 2.75) is 45.6 Å². The molecule has 0 unspecified atom stereocenters. The minimum absolute atomic E-state index is 0.289. The van der Waals surface area contributed by atoms with E-state index in [0.717, 1.165) is 17.4 Å². The summed E-state index contributed by atoms with van der Waals surface area (Å²) in [7, 11) is 0. The standard InChI is InChI=1S/C17H24F2N6O2/c1-17(2,3)27-16(26)24-10-4-8-23(9-5-11-24)13-7-6-12-20-21-15(14(18)19)25(12)22-13/h6-7,14H,4-5,8-11H2,1-3H3. The van der Waals surface area contributed by atoms with Crippen LogP contribution in [-0.4, -0.2) is 62.6 Å². The minimum Gasteiger partial charge on any atom is -0.444 e. The summed E-state index contributed by atoms with van der Waals surface area (Å²) in [6.07, 6.45) is -1.59. The van der Waals surface area contributed by atoms with Gasteiger partial charge in [-0.1, -0.05) is 0 Å². The fourth-order valence-electron chi connectivity index (χ4n) is 2.97. The number of rotatable bonds is 2. The summed E-state index contributed by atoms with van der Waals surface area (Å²) in [4.78, 5) is 16.0. The van der Waals surface area contributed by atoms with Crippen molar-refractivity contribution in [1.82, 2.24) is 24.7 Å². The summed E-state index contributed by atoms with van der Waals surface area (Å²) < 4.78 is 32.6.